The normalized spacial score (nSPS) is 15.4. The molecule has 0 aliphatic heterocycles. The number of carbonyl (C=O) groups is 3. The average molecular weight is 575 g/mol. The van der Waals surface area contributed by atoms with Gasteiger partial charge in [0, 0.05) is 30.6 Å². The number of nitrogens with two attached hydrogens (primary N) is 1. The zero-order valence-corrected chi connectivity index (χ0v) is 24.1. The highest BCUT2D eigenvalue weighted by molar-refractivity contribution is 6.30. The number of hydrogen-bond donors (Lipinski definition) is 2. The molecule has 1 fully saturated rings. The Balaban J connectivity index is 1.42. The quantitative estimate of drug-likeness (QED) is 0.254. The third-order valence-corrected chi connectivity index (χ3v) is 7.04. The average Bonchev–Trinajstić information content (AvgIpc) is 2.93. The molecule has 218 valence electrons. The summed E-state index contributed by atoms with van der Waals surface area (Å²) in [5.74, 6) is -0.200. The first-order valence-electron chi connectivity index (χ1n) is 13.7. The Labute approximate surface area is 240 Å². The maximum absolute atomic E-state index is 12.7. The number of benzene rings is 2. The first-order valence-corrected chi connectivity index (χ1v) is 14.1. The van der Waals surface area contributed by atoms with Crippen molar-refractivity contribution in [2.45, 2.75) is 77.3 Å². The SMILES string of the molecule is CC(OC(=O)OC(CN)C1CCCCC1)OC(=O)C(C)(C)Oc1ccc(CCNC(=O)c2ccc(Cl)cc2)cc1. The number of nitrogens with one attached hydrogen (secondary N) is 1. The van der Waals surface area contributed by atoms with Crippen molar-refractivity contribution in [3.05, 3.63) is 64.7 Å². The number of esters is 1. The smallest absolute Gasteiger partial charge is 0.476 e. The van der Waals surface area contributed by atoms with E-state index in [2.05, 4.69) is 5.32 Å². The van der Waals surface area contributed by atoms with Gasteiger partial charge in [-0.3, -0.25) is 4.79 Å². The van der Waals surface area contributed by atoms with Crippen LogP contribution in [0.2, 0.25) is 5.02 Å². The van der Waals surface area contributed by atoms with Gasteiger partial charge < -0.3 is 30.0 Å². The van der Waals surface area contributed by atoms with Crippen LogP contribution in [0.3, 0.4) is 0 Å². The third-order valence-electron chi connectivity index (χ3n) is 6.78. The maximum Gasteiger partial charge on any atom is 0.511 e. The number of halogens is 1. The number of amides is 1. The van der Waals surface area contributed by atoms with Crippen LogP contribution in [0.25, 0.3) is 0 Å². The van der Waals surface area contributed by atoms with E-state index in [0.717, 1.165) is 31.2 Å². The zero-order valence-electron chi connectivity index (χ0n) is 23.3. The number of hydrogen-bond acceptors (Lipinski definition) is 8. The van der Waals surface area contributed by atoms with E-state index < -0.39 is 30.1 Å². The molecule has 1 amide bonds. The first kappa shape index (κ1) is 31.2. The minimum atomic E-state index is -1.35. The van der Waals surface area contributed by atoms with E-state index in [1.807, 2.05) is 12.1 Å². The highest BCUT2D eigenvalue weighted by Crippen LogP contribution is 2.28. The number of carbonyl (C=O) groups excluding carboxylic acids is 3. The largest absolute Gasteiger partial charge is 0.511 e. The maximum atomic E-state index is 12.7. The molecule has 9 nitrogen and oxygen atoms in total. The van der Waals surface area contributed by atoms with Crippen LogP contribution in [0.4, 0.5) is 4.79 Å². The molecule has 10 heteroatoms. The summed E-state index contributed by atoms with van der Waals surface area (Å²) in [7, 11) is 0. The Hall–Kier alpha value is -3.30. The molecular formula is C30H39ClN2O7. The molecule has 0 heterocycles. The molecule has 0 saturated heterocycles. The van der Waals surface area contributed by atoms with Gasteiger partial charge in [-0.25, -0.2) is 9.59 Å². The van der Waals surface area contributed by atoms with E-state index in [0.29, 0.717) is 29.3 Å². The molecule has 40 heavy (non-hydrogen) atoms. The van der Waals surface area contributed by atoms with E-state index in [-0.39, 0.29) is 18.4 Å². The lowest BCUT2D eigenvalue weighted by Crippen LogP contribution is -2.42. The second-order valence-electron chi connectivity index (χ2n) is 10.4. The van der Waals surface area contributed by atoms with E-state index in [9.17, 15) is 14.4 Å². The van der Waals surface area contributed by atoms with Gasteiger partial charge in [0.05, 0.1) is 0 Å². The Morgan fingerprint density at radius 1 is 0.975 bits per heavy atom. The van der Waals surface area contributed by atoms with Crippen LogP contribution in [0.15, 0.2) is 48.5 Å². The first-order chi connectivity index (χ1) is 19.1. The Morgan fingerprint density at radius 2 is 1.62 bits per heavy atom. The van der Waals surface area contributed by atoms with Gasteiger partial charge in [-0.1, -0.05) is 43.0 Å². The molecule has 0 bridgehead atoms. The molecule has 0 radical (unpaired) electrons. The van der Waals surface area contributed by atoms with Crippen molar-refractivity contribution >= 4 is 29.6 Å². The van der Waals surface area contributed by atoms with Gasteiger partial charge >= 0.3 is 12.1 Å². The molecule has 1 aliphatic carbocycles. The highest BCUT2D eigenvalue weighted by Gasteiger charge is 2.34. The zero-order chi connectivity index (χ0) is 29.1. The molecule has 2 aromatic rings. The van der Waals surface area contributed by atoms with Crippen molar-refractivity contribution in [1.82, 2.24) is 5.32 Å². The van der Waals surface area contributed by atoms with Crippen molar-refractivity contribution in [1.29, 1.82) is 0 Å². The summed E-state index contributed by atoms with van der Waals surface area (Å²) in [5.41, 5.74) is 5.98. The van der Waals surface area contributed by atoms with Gasteiger partial charge in [-0.15, -0.1) is 0 Å². The van der Waals surface area contributed by atoms with Crippen molar-refractivity contribution in [2.75, 3.05) is 13.1 Å². The number of ether oxygens (including phenoxy) is 4. The summed E-state index contributed by atoms with van der Waals surface area (Å²) >= 11 is 5.86. The van der Waals surface area contributed by atoms with Crippen LogP contribution < -0.4 is 15.8 Å². The molecular weight excluding hydrogens is 536 g/mol. The van der Waals surface area contributed by atoms with E-state index >= 15 is 0 Å². The van der Waals surface area contributed by atoms with Gasteiger partial charge in [-0.2, -0.15) is 0 Å². The summed E-state index contributed by atoms with van der Waals surface area (Å²) < 4.78 is 21.7. The minimum absolute atomic E-state index is 0.174. The van der Waals surface area contributed by atoms with Gasteiger partial charge in [0.2, 0.25) is 6.29 Å². The molecule has 2 aromatic carbocycles. The van der Waals surface area contributed by atoms with E-state index in [1.54, 1.807) is 50.2 Å². The Kier molecular flexibility index (Phi) is 11.6. The minimum Gasteiger partial charge on any atom is -0.476 e. The fourth-order valence-corrected chi connectivity index (χ4v) is 4.66. The predicted molar refractivity (Wildman–Crippen MR) is 151 cm³/mol. The molecule has 0 spiro atoms. The lowest BCUT2D eigenvalue weighted by atomic mass is 9.85. The van der Waals surface area contributed by atoms with E-state index in [4.69, 9.17) is 36.3 Å². The summed E-state index contributed by atoms with van der Waals surface area (Å²) in [5, 5.41) is 3.44. The summed E-state index contributed by atoms with van der Waals surface area (Å²) in [6.07, 6.45) is 3.40. The van der Waals surface area contributed by atoms with Crippen LogP contribution >= 0.6 is 11.6 Å². The lowest BCUT2D eigenvalue weighted by Gasteiger charge is -2.29. The second-order valence-corrected chi connectivity index (χ2v) is 10.8. The Morgan fingerprint density at radius 3 is 2.25 bits per heavy atom. The van der Waals surface area contributed by atoms with E-state index in [1.165, 1.54) is 13.3 Å². The fourth-order valence-electron chi connectivity index (χ4n) is 4.53. The monoisotopic (exact) mass is 574 g/mol. The van der Waals surface area contributed by atoms with Gasteiger partial charge in [0.25, 0.3) is 5.91 Å². The second kappa shape index (κ2) is 14.9. The molecule has 2 atom stereocenters. The topological polar surface area (TPSA) is 126 Å². The highest BCUT2D eigenvalue weighted by atomic mass is 35.5. The standard InChI is InChI=1S/C30H39ClN2O7/c1-20(38-29(36)39-26(19-32)22-7-5-4-6-8-22)37-28(35)30(2,3)40-25-15-9-21(10-16-25)17-18-33-27(34)23-11-13-24(31)14-12-23/h9-16,20,22,26H,4-8,17-19,32H2,1-3H3,(H,33,34). The van der Waals surface area contributed by atoms with Crippen molar-refractivity contribution in [2.24, 2.45) is 11.7 Å². The van der Waals surface area contributed by atoms with Crippen LogP contribution in [-0.4, -0.2) is 49.1 Å². The van der Waals surface area contributed by atoms with Crippen LogP contribution in [-0.2, 0) is 25.4 Å². The predicted octanol–water partition coefficient (Wildman–Crippen LogP) is 5.42. The molecule has 0 aromatic heterocycles. The van der Waals surface area contributed by atoms with Crippen LogP contribution in [0.5, 0.6) is 5.75 Å². The summed E-state index contributed by atoms with van der Waals surface area (Å²) in [6, 6.07) is 13.9. The van der Waals surface area contributed by atoms with Crippen molar-refractivity contribution < 1.29 is 33.3 Å². The Bertz CT molecular complexity index is 1120. The van der Waals surface area contributed by atoms with Crippen molar-refractivity contribution in [3.8, 4) is 5.75 Å². The molecule has 1 aliphatic rings. The molecule has 2 unspecified atom stereocenters. The summed E-state index contributed by atoms with van der Waals surface area (Å²) in [4.78, 5) is 37.2. The van der Waals surface area contributed by atoms with Crippen LogP contribution in [0, 0.1) is 5.92 Å². The molecule has 3 N–H and O–H groups in total. The van der Waals surface area contributed by atoms with Gasteiger partial charge in [-0.05, 0) is 81.0 Å². The number of rotatable bonds is 12. The van der Waals surface area contributed by atoms with Gasteiger partial charge in [0.1, 0.15) is 11.9 Å². The molecule has 3 rings (SSSR count). The summed E-state index contributed by atoms with van der Waals surface area (Å²) in [6.45, 7) is 5.23. The van der Waals surface area contributed by atoms with Gasteiger partial charge in [0.15, 0.2) is 5.60 Å². The fraction of sp³-hybridized carbons (Fsp3) is 0.500. The molecule has 1 saturated carbocycles. The van der Waals surface area contributed by atoms with Crippen LogP contribution in [0.1, 0.15) is 68.8 Å². The third kappa shape index (κ3) is 9.71. The lowest BCUT2D eigenvalue weighted by molar-refractivity contribution is -0.184. The van der Waals surface area contributed by atoms with Crippen molar-refractivity contribution in [3.63, 3.8) is 0 Å².